The van der Waals surface area contributed by atoms with Gasteiger partial charge in [0.25, 0.3) is 0 Å². The second kappa shape index (κ2) is 10.6. The molecule has 3 aromatic rings. The van der Waals surface area contributed by atoms with Crippen molar-refractivity contribution >= 4 is 40.8 Å². The predicted molar refractivity (Wildman–Crippen MR) is 136 cm³/mol. The Morgan fingerprint density at radius 3 is 2.08 bits per heavy atom. The lowest BCUT2D eigenvalue weighted by atomic mass is 9.81. The number of fused-ring (bicyclic) bond motifs is 2. The molecule has 0 heterocycles. The Kier molecular flexibility index (Phi) is 7.24. The number of phenolic OH excluding ortho intramolecular Hbond substituents is 1. The van der Waals surface area contributed by atoms with Gasteiger partial charge in [0.15, 0.2) is 11.6 Å². The van der Waals surface area contributed by atoms with E-state index in [1.54, 1.807) is 24.3 Å². The average molecular weight is 517 g/mol. The number of aliphatic carboxylic acids is 2. The van der Waals surface area contributed by atoms with Crippen LogP contribution in [0.25, 0.3) is 0 Å². The molecule has 10 heteroatoms. The number of hydrogen-bond acceptors (Lipinski definition) is 7. The number of ketones is 2. The van der Waals surface area contributed by atoms with Gasteiger partial charge in [-0.05, 0) is 31.5 Å². The Morgan fingerprint density at radius 1 is 0.895 bits per heavy atom. The summed E-state index contributed by atoms with van der Waals surface area (Å²) < 4.78 is 0. The van der Waals surface area contributed by atoms with E-state index in [9.17, 15) is 34.2 Å². The Bertz CT molecular complexity index is 1480. The van der Waals surface area contributed by atoms with E-state index >= 15 is 0 Å². The summed E-state index contributed by atoms with van der Waals surface area (Å²) >= 11 is 0. The van der Waals surface area contributed by atoms with E-state index in [1.807, 2.05) is 19.1 Å². The van der Waals surface area contributed by atoms with E-state index in [2.05, 4.69) is 10.6 Å². The highest BCUT2D eigenvalue weighted by Crippen LogP contribution is 2.40. The number of amides is 1. The third-order valence-electron chi connectivity index (χ3n) is 6.21. The van der Waals surface area contributed by atoms with Gasteiger partial charge in [-0.1, -0.05) is 42.0 Å². The molecule has 1 aliphatic carbocycles. The van der Waals surface area contributed by atoms with Crippen LogP contribution in [0.1, 0.15) is 55.8 Å². The molecule has 0 aromatic heterocycles. The summed E-state index contributed by atoms with van der Waals surface area (Å²) in [6.07, 6.45) is -1.33. The number of hydrogen-bond donors (Lipinski definition) is 5. The fourth-order valence-electron chi connectivity index (χ4n) is 4.30. The molecule has 5 N–H and O–H groups in total. The van der Waals surface area contributed by atoms with Gasteiger partial charge in [-0.15, -0.1) is 0 Å². The van der Waals surface area contributed by atoms with Crippen molar-refractivity contribution in [3.05, 3.63) is 88.0 Å². The molecule has 0 spiro atoms. The fraction of sp³-hybridized carbons (Fsp3) is 0.179. The lowest BCUT2D eigenvalue weighted by Crippen LogP contribution is -2.41. The van der Waals surface area contributed by atoms with Crippen molar-refractivity contribution in [2.24, 2.45) is 0 Å². The topological polar surface area (TPSA) is 170 Å². The number of nitrogens with one attached hydrogen (secondary N) is 2. The summed E-state index contributed by atoms with van der Waals surface area (Å²) in [6.45, 7) is 1.91. The quantitative estimate of drug-likeness (QED) is 0.210. The summed E-state index contributed by atoms with van der Waals surface area (Å²) in [5.74, 6) is -5.06. The van der Waals surface area contributed by atoms with Crippen LogP contribution in [0.2, 0.25) is 0 Å². The zero-order valence-corrected chi connectivity index (χ0v) is 20.3. The van der Waals surface area contributed by atoms with E-state index in [-0.39, 0.29) is 39.9 Å². The minimum atomic E-state index is -1.46. The summed E-state index contributed by atoms with van der Waals surface area (Å²) in [7, 11) is 0. The largest absolute Gasteiger partial charge is 0.507 e. The SMILES string of the molecule is Cc1ccc(Nc2cc(CC(=O)NC(CCC(=O)O)C(=O)O)c(O)c3c2C(=O)c2ccccc2C3=O)cc1. The molecule has 0 radical (unpaired) electrons. The minimum absolute atomic E-state index is 0.0150. The zero-order valence-electron chi connectivity index (χ0n) is 20.3. The Balaban J connectivity index is 1.75. The van der Waals surface area contributed by atoms with Gasteiger partial charge in [0.1, 0.15) is 11.8 Å². The average Bonchev–Trinajstić information content (AvgIpc) is 2.87. The summed E-state index contributed by atoms with van der Waals surface area (Å²) in [5.41, 5.74) is 1.77. The van der Waals surface area contributed by atoms with Crippen molar-refractivity contribution in [3.8, 4) is 5.75 Å². The highest BCUT2D eigenvalue weighted by atomic mass is 16.4. The van der Waals surface area contributed by atoms with Crippen molar-refractivity contribution in [3.63, 3.8) is 0 Å². The first-order valence-electron chi connectivity index (χ1n) is 11.7. The molecule has 0 bridgehead atoms. The van der Waals surface area contributed by atoms with Gasteiger partial charge in [-0.25, -0.2) is 4.79 Å². The maximum absolute atomic E-state index is 13.5. The predicted octanol–water partition coefficient (Wildman–Crippen LogP) is 3.20. The summed E-state index contributed by atoms with van der Waals surface area (Å²) in [6, 6.07) is 13.4. The van der Waals surface area contributed by atoms with Crippen LogP contribution < -0.4 is 10.6 Å². The summed E-state index contributed by atoms with van der Waals surface area (Å²) in [5, 5.41) is 34.6. The standard InChI is InChI=1S/C28H24N2O8/c1-14-6-8-16(9-7-14)29-20-12-15(13-21(31)30-19(28(37)38)10-11-22(32)33)25(34)24-23(20)26(35)17-4-2-3-5-18(17)27(24)36/h2-9,12,19,29,34H,10-11,13H2,1H3,(H,30,31)(H,32,33)(H,37,38). The molecule has 3 aromatic carbocycles. The highest BCUT2D eigenvalue weighted by Gasteiger charge is 2.36. The van der Waals surface area contributed by atoms with Crippen molar-refractivity contribution in [2.75, 3.05) is 5.32 Å². The number of carbonyl (C=O) groups excluding carboxylic acids is 3. The highest BCUT2D eigenvalue weighted by molar-refractivity contribution is 6.31. The first kappa shape index (κ1) is 26.1. The minimum Gasteiger partial charge on any atom is -0.507 e. The number of rotatable bonds is 9. The van der Waals surface area contributed by atoms with Crippen molar-refractivity contribution < 1.29 is 39.3 Å². The Labute approximate surface area is 216 Å². The van der Waals surface area contributed by atoms with Crippen LogP contribution in [0.4, 0.5) is 11.4 Å². The van der Waals surface area contributed by atoms with E-state index in [0.29, 0.717) is 5.69 Å². The van der Waals surface area contributed by atoms with Crippen LogP contribution in [-0.2, 0) is 20.8 Å². The van der Waals surface area contributed by atoms with Crippen molar-refractivity contribution in [1.29, 1.82) is 0 Å². The third-order valence-corrected chi connectivity index (χ3v) is 6.21. The normalized spacial score (nSPS) is 12.8. The van der Waals surface area contributed by atoms with Gasteiger partial charge in [0.2, 0.25) is 5.91 Å². The number of phenols is 1. The Hall–Kier alpha value is -4.99. The van der Waals surface area contributed by atoms with Crippen LogP contribution in [0.5, 0.6) is 5.75 Å². The molecule has 10 nitrogen and oxygen atoms in total. The fourth-order valence-corrected chi connectivity index (χ4v) is 4.30. The number of carboxylic acid groups (broad SMARTS) is 2. The van der Waals surface area contributed by atoms with Gasteiger partial charge < -0.3 is 26.0 Å². The second-order valence-corrected chi connectivity index (χ2v) is 8.94. The molecular weight excluding hydrogens is 492 g/mol. The van der Waals surface area contributed by atoms with Crippen molar-refractivity contribution in [1.82, 2.24) is 5.32 Å². The molecule has 1 unspecified atom stereocenters. The first-order chi connectivity index (χ1) is 18.1. The van der Waals surface area contributed by atoms with Gasteiger partial charge >= 0.3 is 11.9 Å². The van der Waals surface area contributed by atoms with Crippen LogP contribution >= 0.6 is 0 Å². The first-order valence-corrected chi connectivity index (χ1v) is 11.7. The van der Waals surface area contributed by atoms with Crippen molar-refractivity contribution in [2.45, 2.75) is 32.2 Å². The van der Waals surface area contributed by atoms with E-state index in [1.165, 1.54) is 18.2 Å². The second-order valence-electron chi connectivity index (χ2n) is 8.94. The number of benzene rings is 3. The third kappa shape index (κ3) is 5.24. The maximum Gasteiger partial charge on any atom is 0.326 e. The number of anilines is 2. The smallest absolute Gasteiger partial charge is 0.326 e. The van der Waals surface area contributed by atoms with E-state index in [4.69, 9.17) is 5.11 Å². The Morgan fingerprint density at radius 2 is 1.50 bits per heavy atom. The van der Waals surface area contributed by atoms with Crippen LogP contribution in [-0.4, -0.2) is 50.8 Å². The number of aryl methyl sites for hydroxylation is 1. The molecule has 0 aliphatic heterocycles. The lowest BCUT2D eigenvalue weighted by Gasteiger charge is -2.24. The molecule has 0 fully saturated rings. The summed E-state index contributed by atoms with van der Waals surface area (Å²) in [4.78, 5) is 61.9. The van der Waals surface area contributed by atoms with E-state index in [0.717, 1.165) is 5.56 Å². The van der Waals surface area contributed by atoms with Gasteiger partial charge in [-0.3, -0.25) is 19.2 Å². The van der Waals surface area contributed by atoms with Crippen LogP contribution in [0, 0.1) is 6.92 Å². The van der Waals surface area contributed by atoms with Crippen LogP contribution in [0.3, 0.4) is 0 Å². The molecule has 194 valence electrons. The molecule has 0 saturated heterocycles. The zero-order chi connectivity index (χ0) is 27.6. The number of carbonyl (C=O) groups is 5. The van der Waals surface area contributed by atoms with Gasteiger partial charge in [0.05, 0.1) is 23.2 Å². The van der Waals surface area contributed by atoms with Crippen LogP contribution in [0.15, 0.2) is 54.6 Å². The molecular formula is C28H24N2O8. The molecule has 38 heavy (non-hydrogen) atoms. The lowest BCUT2D eigenvalue weighted by molar-refractivity contribution is -0.143. The molecule has 1 amide bonds. The maximum atomic E-state index is 13.5. The monoisotopic (exact) mass is 516 g/mol. The number of aromatic hydroxyl groups is 1. The van der Waals surface area contributed by atoms with E-state index < -0.39 is 54.0 Å². The molecule has 1 atom stereocenters. The van der Waals surface area contributed by atoms with Gasteiger partial charge in [0, 0.05) is 28.8 Å². The van der Waals surface area contributed by atoms with Gasteiger partial charge in [-0.2, -0.15) is 0 Å². The molecule has 0 saturated carbocycles. The number of carboxylic acids is 2. The molecule has 1 aliphatic rings. The molecule has 4 rings (SSSR count).